The van der Waals surface area contributed by atoms with Crippen molar-refractivity contribution < 1.29 is 14.4 Å². The minimum atomic E-state index is -0.928. The average Bonchev–Trinajstić information content (AvgIpc) is 2.91. The Kier molecular flexibility index (Phi) is 5.17. The smallest absolute Gasteiger partial charge is 0.336 e. The fourth-order valence-electron chi connectivity index (χ4n) is 1.69. The number of hydrogen-bond acceptors (Lipinski definition) is 5. The average molecular weight is 292 g/mol. The van der Waals surface area contributed by atoms with Crippen molar-refractivity contribution in [3.05, 3.63) is 41.5 Å². The summed E-state index contributed by atoms with van der Waals surface area (Å²) in [6.45, 7) is 2.11. The van der Waals surface area contributed by atoms with Gasteiger partial charge in [-0.05, 0) is 18.6 Å². The second-order valence-corrected chi connectivity index (χ2v) is 5.32. The van der Waals surface area contributed by atoms with Gasteiger partial charge in [0.1, 0.15) is 0 Å². The number of aromatic carboxylic acids is 1. The predicted octanol–water partition coefficient (Wildman–Crippen LogP) is 3.40. The van der Waals surface area contributed by atoms with E-state index in [9.17, 15) is 4.79 Å². The van der Waals surface area contributed by atoms with Gasteiger partial charge in [0.25, 0.3) is 0 Å². The Balaban J connectivity index is 1.98. The minimum Gasteiger partial charge on any atom is -0.478 e. The molecule has 0 fully saturated rings. The summed E-state index contributed by atoms with van der Waals surface area (Å²) < 4.78 is 5.15. The minimum absolute atomic E-state index is 0.295. The van der Waals surface area contributed by atoms with Crippen LogP contribution in [-0.2, 0) is 12.2 Å². The van der Waals surface area contributed by atoms with Gasteiger partial charge in [0.05, 0.1) is 11.3 Å². The Morgan fingerprint density at radius 3 is 2.95 bits per heavy atom. The summed E-state index contributed by atoms with van der Waals surface area (Å²) in [5.41, 5.74) is 0.295. The van der Waals surface area contributed by atoms with E-state index in [1.807, 2.05) is 6.07 Å². The Hall–Kier alpha value is -1.82. The quantitative estimate of drug-likeness (QED) is 0.788. The lowest BCUT2D eigenvalue weighted by molar-refractivity contribution is 0.0693. The number of thioether (sulfide) groups is 1. The van der Waals surface area contributed by atoms with Gasteiger partial charge >= 0.3 is 5.97 Å². The molecule has 2 rings (SSSR count). The molecule has 0 atom stereocenters. The predicted molar refractivity (Wildman–Crippen MR) is 75.9 cm³/mol. The summed E-state index contributed by atoms with van der Waals surface area (Å²) in [5, 5.41) is 13.0. The van der Waals surface area contributed by atoms with Gasteiger partial charge in [-0.15, -0.1) is 11.8 Å². The fourth-order valence-corrected chi connectivity index (χ4v) is 2.58. The molecule has 5 nitrogen and oxygen atoms in total. The van der Waals surface area contributed by atoms with Crippen molar-refractivity contribution >= 4 is 17.7 Å². The standard InChI is InChI=1S/C14H16N2O3S/c1-2-3-8-12-15-13(19-16-12)9-20-11-7-5-4-6-10(11)14(17)18/h4-7H,2-3,8-9H2,1H3,(H,17,18). The first-order valence-corrected chi connectivity index (χ1v) is 7.46. The van der Waals surface area contributed by atoms with Crippen LogP contribution in [0.1, 0.15) is 41.8 Å². The zero-order valence-electron chi connectivity index (χ0n) is 11.2. The van der Waals surface area contributed by atoms with Crippen molar-refractivity contribution in [2.45, 2.75) is 36.8 Å². The molecular formula is C14H16N2O3S. The Bertz CT molecular complexity index is 583. The molecule has 0 unspecified atom stereocenters. The molecule has 0 spiro atoms. The molecule has 0 radical (unpaired) electrons. The monoisotopic (exact) mass is 292 g/mol. The van der Waals surface area contributed by atoms with E-state index in [4.69, 9.17) is 9.63 Å². The molecule has 0 aliphatic carbocycles. The van der Waals surface area contributed by atoms with Crippen LogP contribution in [0.3, 0.4) is 0 Å². The van der Waals surface area contributed by atoms with E-state index < -0.39 is 5.97 Å². The SMILES string of the molecule is CCCCc1noc(CSc2ccccc2C(=O)O)n1. The number of carbonyl (C=O) groups is 1. The zero-order valence-corrected chi connectivity index (χ0v) is 12.0. The highest BCUT2D eigenvalue weighted by Crippen LogP contribution is 2.25. The third kappa shape index (κ3) is 3.84. The van der Waals surface area contributed by atoms with E-state index >= 15 is 0 Å². The number of rotatable bonds is 7. The van der Waals surface area contributed by atoms with Crippen molar-refractivity contribution in [2.24, 2.45) is 0 Å². The molecular weight excluding hydrogens is 276 g/mol. The summed E-state index contributed by atoms with van der Waals surface area (Å²) in [7, 11) is 0. The maximum Gasteiger partial charge on any atom is 0.336 e. The van der Waals surface area contributed by atoms with Gasteiger partial charge in [-0.25, -0.2) is 4.79 Å². The number of carboxylic acids is 1. The molecule has 1 N–H and O–H groups in total. The molecule has 0 aliphatic rings. The molecule has 0 saturated heterocycles. The second-order valence-electron chi connectivity index (χ2n) is 4.30. The van der Waals surface area contributed by atoms with Crippen molar-refractivity contribution in [3.63, 3.8) is 0 Å². The van der Waals surface area contributed by atoms with Gasteiger partial charge in [0.15, 0.2) is 5.82 Å². The Labute approximate surface area is 121 Å². The van der Waals surface area contributed by atoms with Crippen LogP contribution >= 0.6 is 11.8 Å². The summed E-state index contributed by atoms with van der Waals surface area (Å²) in [6.07, 6.45) is 2.94. The largest absolute Gasteiger partial charge is 0.478 e. The van der Waals surface area contributed by atoms with E-state index in [-0.39, 0.29) is 0 Å². The maximum absolute atomic E-state index is 11.1. The number of carboxylic acid groups (broad SMARTS) is 1. The molecule has 1 heterocycles. The molecule has 0 saturated carbocycles. The zero-order chi connectivity index (χ0) is 14.4. The lowest BCUT2D eigenvalue weighted by Crippen LogP contribution is -1.98. The van der Waals surface area contributed by atoms with E-state index in [2.05, 4.69) is 17.1 Å². The maximum atomic E-state index is 11.1. The van der Waals surface area contributed by atoms with Crippen LogP contribution in [0.25, 0.3) is 0 Å². The van der Waals surface area contributed by atoms with Gasteiger partial charge in [-0.1, -0.05) is 30.6 Å². The number of benzene rings is 1. The van der Waals surface area contributed by atoms with Crippen LogP contribution in [-0.4, -0.2) is 21.2 Å². The molecule has 2 aromatic rings. The van der Waals surface area contributed by atoms with Crippen LogP contribution in [0.2, 0.25) is 0 Å². The summed E-state index contributed by atoms with van der Waals surface area (Å²) >= 11 is 1.39. The summed E-state index contributed by atoms with van der Waals surface area (Å²) in [6, 6.07) is 6.89. The van der Waals surface area contributed by atoms with Crippen molar-refractivity contribution in [1.29, 1.82) is 0 Å². The number of unbranched alkanes of at least 4 members (excludes halogenated alkanes) is 1. The summed E-state index contributed by atoms with van der Waals surface area (Å²) in [4.78, 5) is 16.1. The molecule has 1 aromatic heterocycles. The van der Waals surface area contributed by atoms with Crippen LogP contribution in [0.5, 0.6) is 0 Å². The van der Waals surface area contributed by atoms with Crippen LogP contribution < -0.4 is 0 Å². The molecule has 20 heavy (non-hydrogen) atoms. The Morgan fingerprint density at radius 2 is 2.20 bits per heavy atom. The fraction of sp³-hybridized carbons (Fsp3) is 0.357. The highest BCUT2D eigenvalue weighted by atomic mass is 32.2. The van der Waals surface area contributed by atoms with Crippen LogP contribution in [0, 0.1) is 0 Å². The molecule has 106 valence electrons. The van der Waals surface area contributed by atoms with Gasteiger partial charge in [0.2, 0.25) is 5.89 Å². The van der Waals surface area contributed by atoms with Crippen molar-refractivity contribution in [1.82, 2.24) is 10.1 Å². The highest BCUT2D eigenvalue weighted by Gasteiger charge is 2.12. The number of nitrogens with zero attached hydrogens (tertiary/aromatic N) is 2. The van der Waals surface area contributed by atoms with E-state index in [0.717, 1.165) is 19.3 Å². The number of hydrogen-bond donors (Lipinski definition) is 1. The lowest BCUT2D eigenvalue weighted by atomic mass is 10.2. The number of aryl methyl sites for hydroxylation is 1. The first-order chi connectivity index (χ1) is 9.70. The third-order valence-corrected chi connectivity index (χ3v) is 3.79. The molecule has 0 bridgehead atoms. The first kappa shape index (κ1) is 14.6. The van der Waals surface area contributed by atoms with Gasteiger partial charge in [0, 0.05) is 11.3 Å². The van der Waals surface area contributed by atoms with Crippen LogP contribution in [0.4, 0.5) is 0 Å². The van der Waals surface area contributed by atoms with Gasteiger partial charge in [-0.2, -0.15) is 4.98 Å². The first-order valence-electron chi connectivity index (χ1n) is 6.47. The van der Waals surface area contributed by atoms with Crippen molar-refractivity contribution in [3.8, 4) is 0 Å². The second kappa shape index (κ2) is 7.09. The normalized spacial score (nSPS) is 10.7. The van der Waals surface area contributed by atoms with Gasteiger partial charge in [-0.3, -0.25) is 0 Å². The van der Waals surface area contributed by atoms with E-state index in [1.54, 1.807) is 18.2 Å². The van der Waals surface area contributed by atoms with E-state index in [1.165, 1.54) is 11.8 Å². The van der Waals surface area contributed by atoms with Crippen LogP contribution in [0.15, 0.2) is 33.7 Å². The molecule has 0 aliphatic heterocycles. The molecule has 1 aromatic carbocycles. The van der Waals surface area contributed by atoms with Crippen molar-refractivity contribution in [2.75, 3.05) is 0 Å². The topological polar surface area (TPSA) is 76.2 Å². The number of aromatic nitrogens is 2. The van der Waals surface area contributed by atoms with Gasteiger partial charge < -0.3 is 9.63 Å². The highest BCUT2D eigenvalue weighted by molar-refractivity contribution is 7.98. The third-order valence-electron chi connectivity index (χ3n) is 2.73. The summed E-state index contributed by atoms with van der Waals surface area (Å²) in [5.74, 6) is 0.793. The Morgan fingerprint density at radius 1 is 1.40 bits per heavy atom. The molecule has 6 heteroatoms. The lowest BCUT2D eigenvalue weighted by Gasteiger charge is -2.02. The molecule has 0 amide bonds. The van der Waals surface area contributed by atoms with E-state index in [0.29, 0.717) is 27.9 Å².